The Kier molecular flexibility index (Phi) is 3.57. The number of amides is 2. The SMILES string of the molecule is CCNC(=O)N1CCC2(CC1)CC(=O)c1ccccc1O2. The molecule has 0 bridgehead atoms. The average Bonchev–Trinajstić information content (AvgIpc) is 2.48. The van der Waals surface area contributed by atoms with Gasteiger partial charge in [0.15, 0.2) is 5.78 Å². The van der Waals surface area contributed by atoms with Crippen LogP contribution in [0.25, 0.3) is 0 Å². The number of likely N-dealkylation sites (tertiary alicyclic amines) is 1. The Morgan fingerprint density at radius 1 is 1.33 bits per heavy atom. The number of nitrogens with one attached hydrogen (secondary N) is 1. The highest BCUT2D eigenvalue weighted by Gasteiger charge is 2.43. The molecule has 5 heteroatoms. The van der Waals surface area contributed by atoms with E-state index < -0.39 is 5.60 Å². The van der Waals surface area contributed by atoms with Crippen LogP contribution in [0, 0.1) is 0 Å². The van der Waals surface area contributed by atoms with E-state index in [9.17, 15) is 9.59 Å². The number of hydrogen-bond donors (Lipinski definition) is 1. The summed E-state index contributed by atoms with van der Waals surface area (Å²) in [5.41, 5.74) is 0.239. The van der Waals surface area contributed by atoms with Crippen molar-refractivity contribution in [2.45, 2.75) is 31.8 Å². The van der Waals surface area contributed by atoms with Gasteiger partial charge in [0.2, 0.25) is 0 Å². The Morgan fingerprint density at radius 3 is 2.76 bits per heavy atom. The van der Waals surface area contributed by atoms with Crippen molar-refractivity contribution >= 4 is 11.8 Å². The first-order valence-electron chi connectivity index (χ1n) is 7.47. The van der Waals surface area contributed by atoms with Crippen molar-refractivity contribution in [1.29, 1.82) is 0 Å². The van der Waals surface area contributed by atoms with E-state index in [-0.39, 0.29) is 11.8 Å². The molecule has 1 saturated heterocycles. The zero-order valence-corrected chi connectivity index (χ0v) is 12.2. The van der Waals surface area contributed by atoms with Gasteiger partial charge in [0.25, 0.3) is 0 Å². The van der Waals surface area contributed by atoms with Crippen LogP contribution in [0.2, 0.25) is 0 Å². The number of Topliss-reactive ketones (excluding diaryl/α,β-unsaturated/α-hetero) is 1. The number of carbonyl (C=O) groups is 2. The molecule has 1 spiro atoms. The summed E-state index contributed by atoms with van der Waals surface area (Å²) in [5, 5.41) is 2.81. The Bertz CT molecular complexity index is 562. The molecule has 5 nitrogen and oxygen atoms in total. The number of piperidine rings is 1. The van der Waals surface area contributed by atoms with Crippen LogP contribution in [0.5, 0.6) is 5.75 Å². The molecule has 0 aromatic heterocycles. The van der Waals surface area contributed by atoms with Crippen molar-refractivity contribution in [2.75, 3.05) is 19.6 Å². The summed E-state index contributed by atoms with van der Waals surface area (Å²) in [7, 11) is 0. The van der Waals surface area contributed by atoms with Gasteiger partial charge in [-0.2, -0.15) is 0 Å². The Hall–Kier alpha value is -2.04. The minimum atomic E-state index is -0.436. The van der Waals surface area contributed by atoms with Gasteiger partial charge in [-0.05, 0) is 19.1 Å². The molecule has 1 N–H and O–H groups in total. The highest BCUT2D eigenvalue weighted by molar-refractivity contribution is 6.00. The predicted molar refractivity (Wildman–Crippen MR) is 78.6 cm³/mol. The highest BCUT2D eigenvalue weighted by atomic mass is 16.5. The normalized spacial score (nSPS) is 19.9. The first-order valence-corrected chi connectivity index (χ1v) is 7.47. The maximum Gasteiger partial charge on any atom is 0.317 e. The summed E-state index contributed by atoms with van der Waals surface area (Å²) in [6.45, 7) is 3.79. The van der Waals surface area contributed by atoms with Crippen LogP contribution in [0.4, 0.5) is 4.79 Å². The molecule has 0 unspecified atom stereocenters. The molecule has 2 aliphatic rings. The van der Waals surface area contributed by atoms with Crippen molar-refractivity contribution in [1.82, 2.24) is 10.2 Å². The smallest absolute Gasteiger partial charge is 0.317 e. The monoisotopic (exact) mass is 288 g/mol. The Labute approximate surface area is 124 Å². The van der Waals surface area contributed by atoms with Crippen LogP contribution >= 0.6 is 0 Å². The van der Waals surface area contributed by atoms with Crippen molar-refractivity contribution in [3.05, 3.63) is 29.8 Å². The van der Waals surface area contributed by atoms with Gasteiger partial charge >= 0.3 is 6.03 Å². The molecular formula is C16H20N2O3. The highest BCUT2D eigenvalue weighted by Crippen LogP contribution is 2.39. The van der Waals surface area contributed by atoms with Gasteiger partial charge in [-0.15, -0.1) is 0 Å². The number of ether oxygens (including phenoxy) is 1. The van der Waals surface area contributed by atoms with E-state index in [4.69, 9.17) is 4.74 Å². The van der Waals surface area contributed by atoms with Gasteiger partial charge in [0, 0.05) is 32.5 Å². The third-order valence-electron chi connectivity index (χ3n) is 4.29. The van der Waals surface area contributed by atoms with Gasteiger partial charge in [0.1, 0.15) is 11.4 Å². The van der Waals surface area contributed by atoms with E-state index in [1.54, 1.807) is 4.90 Å². The van der Waals surface area contributed by atoms with Gasteiger partial charge in [-0.25, -0.2) is 4.79 Å². The van der Waals surface area contributed by atoms with E-state index in [2.05, 4.69) is 5.32 Å². The van der Waals surface area contributed by atoms with Crippen LogP contribution in [0.15, 0.2) is 24.3 Å². The number of nitrogens with zero attached hydrogens (tertiary/aromatic N) is 1. The summed E-state index contributed by atoms with van der Waals surface area (Å²) >= 11 is 0. The predicted octanol–water partition coefficient (Wildman–Crippen LogP) is 2.22. The van der Waals surface area contributed by atoms with E-state index >= 15 is 0 Å². The van der Waals surface area contributed by atoms with Crippen LogP contribution < -0.4 is 10.1 Å². The molecule has 2 aliphatic heterocycles. The number of carbonyl (C=O) groups excluding carboxylic acids is 2. The van der Waals surface area contributed by atoms with Gasteiger partial charge in [-0.3, -0.25) is 4.79 Å². The van der Waals surface area contributed by atoms with Gasteiger partial charge in [-0.1, -0.05) is 12.1 Å². The summed E-state index contributed by atoms with van der Waals surface area (Å²) in [5.74, 6) is 0.823. The van der Waals surface area contributed by atoms with Crippen LogP contribution in [-0.2, 0) is 0 Å². The lowest BCUT2D eigenvalue weighted by Crippen LogP contribution is -2.54. The Morgan fingerprint density at radius 2 is 2.05 bits per heavy atom. The fraction of sp³-hybridized carbons (Fsp3) is 0.500. The summed E-state index contributed by atoms with van der Waals surface area (Å²) in [6, 6.07) is 7.37. The molecule has 0 atom stereocenters. The van der Waals surface area contributed by atoms with Crippen molar-refractivity contribution < 1.29 is 14.3 Å². The second kappa shape index (κ2) is 5.39. The molecule has 1 aromatic carbocycles. The zero-order valence-electron chi connectivity index (χ0n) is 12.2. The van der Waals surface area contributed by atoms with E-state index in [0.717, 1.165) is 0 Å². The first-order chi connectivity index (χ1) is 10.1. The molecule has 0 radical (unpaired) electrons. The maximum atomic E-state index is 12.3. The number of hydrogen-bond acceptors (Lipinski definition) is 3. The summed E-state index contributed by atoms with van der Waals surface area (Å²) < 4.78 is 6.14. The van der Waals surface area contributed by atoms with Gasteiger partial charge in [0.05, 0.1) is 12.0 Å². The number of para-hydroxylation sites is 1. The summed E-state index contributed by atoms with van der Waals surface area (Å²) in [4.78, 5) is 25.9. The molecular weight excluding hydrogens is 268 g/mol. The maximum absolute atomic E-state index is 12.3. The number of fused-ring (bicyclic) bond motifs is 1. The zero-order chi connectivity index (χ0) is 14.9. The van der Waals surface area contributed by atoms with E-state index in [1.807, 2.05) is 31.2 Å². The lowest BCUT2D eigenvalue weighted by atomic mass is 9.82. The van der Waals surface area contributed by atoms with Crippen molar-refractivity contribution in [3.8, 4) is 5.75 Å². The van der Waals surface area contributed by atoms with Crippen LogP contribution in [-0.4, -0.2) is 41.9 Å². The van der Waals surface area contributed by atoms with Crippen molar-refractivity contribution in [2.24, 2.45) is 0 Å². The molecule has 112 valence electrons. The van der Waals surface area contributed by atoms with Crippen LogP contribution in [0.3, 0.4) is 0 Å². The third-order valence-corrected chi connectivity index (χ3v) is 4.29. The molecule has 21 heavy (non-hydrogen) atoms. The van der Waals surface area contributed by atoms with E-state index in [0.29, 0.717) is 50.2 Å². The standard InChI is InChI=1S/C16H20N2O3/c1-2-17-15(20)18-9-7-16(8-10-18)11-13(19)12-5-3-4-6-14(12)21-16/h3-6H,2,7-11H2,1H3,(H,17,20). The second-order valence-electron chi connectivity index (χ2n) is 5.70. The van der Waals surface area contributed by atoms with E-state index in [1.165, 1.54) is 0 Å². The lowest BCUT2D eigenvalue weighted by molar-refractivity contribution is -0.000620. The molecule has 0 saturated carbocycles. The number of benzene rings is 1. The molecule has 1 fully saturated rings. The van der Waals surface area contributed by atoms with Crippen LogP contribution in [0.1, 0.15) is 36.5 Å². The number of rotatable bonds is 1. The molecule has 1 aromatic rings. The largest absolute Gasteiger partial charge is 0.486 e. The fourth-order valence-corrected chi connectivity index (χ4v) is 3.10. The first kappa shape index (κ1) is 13.9. The Balaban J connectivity index is 1.72. The summed E-state index contributed by atoms with van der Waals surface area (Å²) in [6.07, 6.45) is 1.81. The minimum Gasteiger partial charge on any atom is -0.486 e. The number of ketones is 1. The topological polar surface area (TPSA) is 58.6 Å². The fourth-order valence-electron chi connectivity index (χ4n) is 3.10. The molecule has 3 rings (SSSR count). The lowest BCUT2D eigenvalue weighted by Gasteiger charge is -2.43. The van der Waals surface area contributed by atoms with Crippen molar-refractivity contribution in [3.63, 3.8) is 0 Å². The third kappa shape index (κ3) is 2.60. The quantitative estimate of drug-likeness (QED) is 0.862. The number of urea groups is 1. The molecule has 2 heterocycles. The minimum absolute atomic E-state index is 0.0325. The molecule has 0 aliphatic carbocycles. The molecule has 2 amide bonds. The van der Waals surface area contributed by atoms with Gasteiger partial charge < -0.3 is 15.0 Å². The second-order valence-corrected chi connectivity index (χ2v) is 5.70. The average molecular weight is 288 g/mol.